The molecule has 0 spiro atoms. The summed E-state index contributed by atoms with van der Waals surface area (Å²) in [6.07, 6.45) is 0. The predicted octanol–water partition coefficient (Wildman–Crippen LogP) is 3.78. The van der Waals surface area contributed by atoms with Crippen molar-refractivity contribution in [3.8, 4) is 17.2 Å². The fourth-order valence-corrected chi connectivity index (χ4v) is 4.34. The van der Waals surface area contributed by atoms with Crippen LogP contribution in [-0.4, -0.2) is 29.7 Å². The third-order valence-corrected chi connectivity index (χ3v) is 5.62. The second kappa shape index (κ2) is 7.41. The molecule has 2 aromatic carbocycles. The third-order valence-electron chi connectivity index (χ3n) is 3.66. The third kappa shape index (κ3) is 3.93. The molecule has 0 saturated carbocycles. The van der Waals surface area contributed by atoms with Gasteiger partial charge in [0.25, 0.3) is 10.0 Å². The summed E-state index contributed by atoms with van der Waals surface area (Å²) in [7, 11) is 0.557. The summed E-state index contributed by atoms with van der Waals surface area (Å²) in [6.45, 7) is 3.42. The molecule has 2 aromatic rings. The van der Waals surface area contributed by atoms with Gasteiger partial charge in [0.05, 0.1) is 36.9 Å². The largest absolute Gasteiger partial charge is 0.497 e. The Bertz CT molecular complexity index is 873. The van der Waals surface area contributed by atoms with E-state index in [0.717, 1.165) is 0 Å². The lowest BCUT2D eigenvalue weighted by atomic mass is 10.1. The molecule has 136 valence electrons. The number of anilines is 1. The number of ether oxygens (including phenoxy) is 3. The molecule has 0 aliphatic carbocycles. The van der Waals surface area contributed by atoms with Crippen molar-refractivity contribution in [2.75, 3.05) is 26.1 Å². The molecule has 0 aliphatic heterocycles. The second-order valence-corrected chi connectivity index (χ2v) is 7.41. The normalized spacial score (nSPS) is 11.1. The summed E-state index contributed by atoms with van der Waals surface area (Å²) < 4.78 is 43.9. The van der Waals surface area contributed by atoms with Crippen LogP contribution in [0.3, 0.4) is 0 Å². The molecule has 0 atom stereocenters. The van der Waals surface area contributed by atoms with Gasteiger partial charge in [0.2, 0.25) is 0 Å². The fourth-order valence-electron chi connectivity index (χ4n) is 2.59. The Hall–Kier alpha value is -2.12. The van der Waals surface area contributed by atoms with Crippen molar-refractivity contribution in [2.45, 2.75) is 18.7 Å². The molecule has 8 heteroatoms. The first-order chi connectivity index (χ1) is 11.7. The minimum atomic E-state index is -3.85. The van der Waals surface area contributed by atoms with E-state index < -0.39 is 10.0 Å². The average molecular weight is 386 g/mol. The summed E-state index contributed by atoms with van der Waals surface area (Å²) in [5, 5.41) is 0.319. The molecule has 0 heterocycles. The average Bonchev–Trinajstić information content (AvgIpc) is 2.54. The van der Waals surface area contributed by atoms with Crippen LogP contribution in [0.25, 0.3) is 0 Å². The summed E-state index contributed by atoms with van der Waals surface area (Å²) in [5.74, 6) is 1.22. The standard InChI is InChI=1S/C17H20ClNO5S/c1-10-6-12(22-3)7-11(2)17(10)25(20,21)19-14-9-15(23-4)13(18)8-16(14)24-5/h6-9,19H,1-5H3. The van der Waals surface area contributed by atoms with Gasteiger partial charge < -0.3 is 14.2 Å². The lowest BCUT2D eigenvalue weighted by Crippen LogP contribution is -2.16. The van der Waals surface area contributed by atoms with Crippen molar-refractivity contribution >= 4 is 27.3 Å². The van der Waals surface area contributed by atoms with Crippen LogP contribution in [0, 0.1) is 13.8 Å². The number of methoxy groups -OCH3 is 3. The van der Waals surface area contributed by atoms with Crippen molar-refractivity contribution in [1.29, 1.82) is 0 Å². The quantitative estimate of drug-likeness (QED) is 0.819. The minimum Gasteiger partial charge on any atom is -0.497 e. The molecule has 25 heavy (non-hydrogen) atoms. The van der Waals surface area contributed by atoms with Gasteiger partial charge in [-0.2, -0.15) is 0 Å². The molecule has 0 aromatic heterocycles. The van der Waals surface area contributed by atoms with E-state index in [9.17, 15) is 8.42 Å². The van der Waals surface area contributed by atoms with Crippen LogP contribution in [0.15, 0.2) is 29.2 Å². The highest BCUT2D eigenvalue weighted by Crippen LogP contribution is 2.37. The Morgan fingerprint density at radius 3 is 1.92 bits per heavy atom. The molecule has 0 fully saturated rings. The highest BCUT2D eigenvalue weighted by atomic mass is 35.5. The van der Waals surface area contributed by atoms with Gasteiger partial charge in [0.1, 0.15) is 17.2 Å². The van der Waals surface area contributed by atoms with E-state index in [2.05, 4.69) is 4.72 Å². The Balaban J connectivity index is 2.53. The molecule has 0 amide bonds. The topological polar surface area (TPSA) is 73.9 Å². The molecule has 0 unspecified atom stereocenters. The van der Waals surface area contributed by atoms with E-state index in [1.807, 2.05) is 0 Å². The van der Waals surface area contributed by atoms with Gasteiger partial charge >= 0.3 is 0 Å². The zero-order valence-electron chi connectivity index (χ0n) is 14.6. The Morgan fingerprint density at radius 1 is 0.880 bits per heavy atom. The first kappa shape index (κ1) is 19.2. The summed E-state index contributed by atoms with van der Waals surface area (Å²) in [6, 6.07) is 6.31. The van der Waals surface area contributed by atoms with Crippen LogP contribution < -0.4 is 18.9 Å². The summed E-state index contributed by atoms with van der Waals surface area (Å²) in [4.78, 5) is 0.185. The predicted molar refractivity (Wildman–Crippen MR) is 97.8 cm³/mol. The molecule has 0 aliphatic rings. The van der Waals surface area contributed by atoms with E-state index in [4.69, 9.17) is 25.8 Å². The highest BCUT2D eigenvalue weighted by molar-refractivity contribution is 7.92. The molecule has 0 saturated heterocycles. The maximum atomic E-state index is 12.9. The number of sulfonamides is 1. The second-order valence-electron chi connectivity index (χ2n) is 5.38. The fraction of sp³-hybridized carbons (Fsp3) is 0.294. The van der Waals surface area contributed by atoms with E-state index in [1.54, 1.807) is 26.0 Å². The number of hydrogen-bond acceptors (Lipinski definition) is 5. The number of hydrogen-bond donors (Lipinski definition) is 1. The van der Waals surface area contributed by atoms with Crippen LogP contribution in [-0.2, 0) is 10.0 Å². The lowest BCUT2D eigenvalue weighted by molar-refractivity contribution is 0.405. The Morgan fingerprint density at radius 2 is 1.44 bits per heavy atom. The number of rotatable bonds is 6. The van der Waals surface area contributed by atoms with Crippen molar-refractivity contribution in [3.05, 3.63) is 40.4 Å². The number of nitrogens with one attached hydrogen (secondary N) is 1. The van der Waals surface area contributed by atoms with Gasteiger partial charge in [-0.25, -0.2) is 8.42 Å². The first-order valence-corrected chi connectivity index (χ1v) is 9.19. The van der Waals surface area contributed by atoms with Crippen molar-refractivity contribution in [1.82, 2.24) is 0 Å². The monoisotopic (exact) mass is 385 g/mol. The smallest absolute Gasteiger partial charge is 0.262 e. The maximum absolute atomic E-state index is 12.9. The SMILES string of the molecule is COc1cc(C)c(S(=O)(=O)Nc2cc(OC)c(Cl)cc2OC)c(C)c1. The number of benzene rings is 2. The molecular weight excluding hydrogens is 366 g/mol. The van der Waals surface area contributed by atoms with Crippen molar-refractivity contribution in [2.24, 2.45) is 0 Å². The molecule has 0 radical (unpaired) electrons. The molecular formula is C17H20ClNO5S. The van der Waals surface area contributed by atoms with Crippen LogP contribution >= 0.6 is 11.6 Å². The van der Waals surface area contributed by atoms with Crippen LogP contribution in [0.1, 0.15) is 11.1 Å². The van der Waals surface area contributed by atoms with Crippen LogP contribution in [0.2, 0.25) is 5.02 Å². The van der Waals surface area contributed by atoms with Gasteiger partial charge in [-0.15, -0.1) is 0 Å². The lowest BCUT2D eigenvalue weighted by Gasteiger charge is -2.17. The van der Waals surface area contributed by atoms with Gasteiger partial charge in [0, 0.05) is 12.1 Å². The maximum Gasteiger partial charge on any atom is 0.262 e. The van der Waals surface area contributed by atoms with Crippen LogP contribution in [0.4, 0.5) is 5.69 Å². The van der Waals surface area contributed by atoms with Crippen molar-refractivity contribution in [3.63, 3.8) is 0 Å². The van der Waals surface area contributed by atoms with Gasteiger partial charge in [-0.05, 0) is 37.1 Å². The summed E-state index contributed by atoms with van der Waals surface area (Å²) in [5.41, 5.74) is 1.38. The van der Waals surface area contributed by atoms with E-state index in [0.29, 0.717) is 27.6 Å². The summed E-state index contributed by atoms with van der Waals surface area (Å²) >= 11 is 6.06. The van der Waals surface area contributed by atoms with Gasteiger partial charge in [-0.1, -0.05) is 11.6 Å². The van der Waals surface area contributed by atoms with Gasteiger partial charge in [0.15, 0.2) is 0 Å². The van der Waals surface area contributed by atoms with E-state index in [-0.39, 0.29) is 16.3 Å². The van der Waals surface area contributed by atoms with Gasteiger partial charge in [-0.3, -0.25) is 4.72 Å². The van der Waals surface area contributed by atoms with E-state index in [1.165, 1.54) is 33.5 Å². The molecule has 6 nitrogen and oxygen atoms in total. The number of aryl methyl sites for hydroxylation is 2. The first-order valence-electron chi connectivity index (χ1n) is 7.33. The molecule has 2 rings (SSSR count). The number of halogens is 1. The van der Waals surface area contributed by atoms with Crippen molar-refractivity contribution < 1.29 is 22.6 Å². The zero-order valence-corrected chi connectivity index (χ0v) is 16.2. The van der Waals surface area contributed by atoms with E-state index >= 15 is 0 Å². The zero-order chi connectivity index (χ0) is 18.8. The molecule has 0 bridgehead atoms. The Labute approximate surface area is 152 Å². The minimum absolute atomic E-state index is 0.185. The van der Waals surface area contributed by atoms with Crippen LogP contribution in [0.5, 0.6) is 17.2 Å². The Kier molecular flexibility index (Phi) is 5.69. The molecule has 1 N–H and O–H groups in total. The highest BCUT2D eigenvalue weighted by Gasteiger charge is 2.23.